The Morgan fingerprint density at radius 3 is 2.93 bits per heavy atom. The molecule has 0 atom stereocenters. The van der Waals surface area contributed by atoms with Crippen LogP contribution in [0.2, 0.25) is 0 Å². The van der Waals surface area contributed by atoms with Gasteiger partial charge >= 0.3 is 0 Å². The van der Waals surface area contributed by atoms with Crippen molar-refractivity contribution in [3.63, 3.8) is 0 Å². The minimum atomic E-state index is 0. The van der Waals surface area contributed by atoms with E-state index in [0.29, 0.717) is 0 Å². The molecule has 80 valence electrons. The Bertz CT molecular complexity index is 472. The molecule has 0 radical (unpaired) electrons. The lowest BCUT2D eigenvalue weighted by Gasteiger charge is -1.99. The minimum Gasteiger partial charge on any atom is -0.250 e. The summed E-state index contributed by atoms with van der Waals surface area (Å²) in [5, 5.41) is 5.60. The van der Waals surface area contributed by atoms with Gasteiger partial charge < -0.3 is 0 Å². The van der Waals surface area contributed by atoms with Crippen LogP contribution >= 0.6 is 12.4 Å². The first kappa shape index (κ1) is 10.4. The van der Waals surface area contributed by atoms with Crippen LogP contribution in [0, 0.1) is 6.92 Å². The van der Waals surface area contributed by atoms with Gasteiger partial charge in [-0.15, -0.1) is 12.4 Å². The zero-order valence-electron chi connectivity index (χ0n) is 8.95. The highest BCUT2D eigenvalue weighted by Crippen LogP contribution is 2.25. The zero-order valence-corrected chi connectivity index (χ0v) is 9.77. The highest BCUT2D eigenvalue weighted by atomic mass is 35.5. The highest BCUT2D eigenvalue weighted by molar-refractivity contribution is 5.85. The number of rotatable bonds is 0. The maximum atomic E-state index is 4.68. The molecule has 2 aromatic rings. The molecule has 15 heavy (non-hydrogen) atoms. The van der Waals surface area contributed by atoms with Crippen LogP contribution in [-0.4, -0.2) is 14.8 Å². The van der Waals surface area contributed by atoms with E-state index < -0.39 is 0 Å². The van der Waals surface area contributed by atoms with Gasteiger partial charge in [-0.3, -0.25) is 4.68 Å². The standard InChI is InChI=1S/C11H13N3.ClH/c1-7-9-6-8-4-3-5-10(8)12-11(9)14(2)13-7;/h6H,3-5H2,1-2H3;1H. The first-order valence-corrected chi connectivity index (χ1v) is 5.08. The van der Waals surface area contributed by atoms with Crippen LogP contribution in [0.5, 0.6) is 0 Å². The molecule has 3 rings (SSSR count). The van der Waals surface area contributed by atoms with Crippen LogP contribution in [-0.2, 0) is 19.9 Å². The van der Waals surface area contributed by atoms with Gasteiger partial charge in [-0.1, -0.05) is 0 Å². The number of halogens is 1. The van der Waals surface area contributed by atoms with E-state index in [9.17, 15) is 0 Å². The third kappa shape index (κ3) is 1.42. The second-order valence-corrected chi connectivity index (χ2v) is 4.03. The fourth-order valence-electron chi connectivity index (χ4n) is 2.30. The van der Waals surface area contributed by atoms with Crippen LogP contribution in [0.15, 0.2) is 6.07 Å². The van der Waals surface area contributed by atoms with Crippen molar-refractivity contribution in [2.45, 2.75) is 26.2 Å². The molecule has 0 fully saturated rings. The number of aryl methyl sites for hydroxylation is 4. The molecule has 0 unspecified atom stereocenters. The van der Waals surface area contributed by atoms with Crippen molar-refractivity contribution in [3.8, 4) is 0 Å². The topological polar surface area (TPSA) is 30.7 Å². The molecule has 0 N–H and O–H groups in total. The van der Waals surface area contributed by atoms with Crippen molar-refractivity contribution in [2.75, 3.05) is 0 Å². The number of hydrogen-bond donors (Lipinski definition) is 0. The van der Waals surface area contributed by atoms with Crippen molar-refractivity contribution < 1.29 is 0 Å². The van der Waals surface area contributed by atoms with Crippen molar-refractivity contribution in [1.29, 1.82) is 0 Å². The lowest BCUT2D eigenvalue weighted by Crippen LogP contribution is -1.95. The molecule has 1 aliphatic rings. The predicted molar refractivity (Wildman–Crippen MR) is 62.5 cm³/mol. The van der Waals surface area contributed by atoms with Crippen molar-refractivity contribution in [3.05, 3.63) is 23.0 Å². The summed E-state index contributed by atoms with van der Waals surface area (Å²) in [5.41, 5.74) is 4.82. The average molecular weight is 224 g/mol. The maximum absolute atomic E-state index is 4.68. The van der Waals surface area contributed by atoms with Gasteiger partial charge in [0.2, 0.25) is 0 Å². The SMILES string of the molecule is Cc1nn(C)c2nc3c(cc12)CCC3.Cl. The first-order valence-electron chi connectivity index (χ1n) is 5.08. The second kappa shape index (κ2) is 3.49. The van der Waals surface area contributed by atoms with Crippen molar-refractivity contribution in [1.82, 2.24) is 14.8 Å². The Balaban J connectivity index is 0.000000853. The van der Waals surface area contributed by atoms with Crippen molar-refractivity contribution in [2.24, 2.45) is 7.05 Å². The van der Waals surface area contributed by atoms with Gasteiger partial charge in [0.25, 0.3) is 0 Å². The molecule has 0 amide bonds. The fraction of sp³-hybridized carbons (Fsp3) is 0.455. The van der Waals surface area contributed by atoms with E-state index in [-0.39, 0.29) is 12.4 Å². The molecule has 0 spiro atoms. The van der Waals surface area contributed by atoms with Gasteiger partial charge in [-0.05, 0) is 37.8 Å². The molecular weight excluding hydrogens is 210 g/mol. The second-order valence-electron chi connectivity index (χ2n) is 4.03. The minimum absolute atomic E-state index is 0. The largest absolute Gasteiger partial charge is 0.250 e. The lowest BCUT2D eigenvalue weighted by atomic mass is 10.1. The summed E-state index contributed by atoms with van der Waals surface area (Å²) in [6.45, 7) is 2.05. The number of fused-ring (bicyclic) bond motifs is 2. The van der Waals surface area contributed by atoms with Crippen LogP contribution in [0.25, 0.3) is 11.0 Å². The molecule has 3 nitrogen and oxygen atoms in total. The molecule has 0 saturated carbocycles. The molecule has 4 heteroatoms. The van der Waals surface area contributed by atoms with E-state index in [2.05, 4.69) is 16.1 Å². The van der Waals surface area contributed by atoms with E-state index >= 15 is 0 Å². The van der Waals surface area contributed by atoms with Gasteiger partial charge in [-0.25, -0.2) is 4.98 Å². The summed E-state index contributed by atoms with van der Waals surface area (Å²) >= 11 is 0. The molecule has 0 saturated heterocycles. The quantitative estimate of drug-likeness (QED) is 0.686. The Morgan fingerprint density at radius 1 is 1.33 bits per heavy atom. The Hall–Kier alpha value is -1.09. The summed E-state index contributed by atoms with van der Waals surface area (Å²) in [7, 11) is 1.96. The van der Waals surface area contributed by atoms with E-state index in [1.165, 1.54) is 29.5 Å². The normalized spacial score (nSPS) is 14.0. The third-order valence-corrected chi connectivity index (χ3v) is 3.03. The first-order chi connectivity index (χ1) is 6.75. The van der Waals surface area contributed by atoms with Gasteiger partial charge in [-0.2, -0.15) is 5.10 Å². The summed E-state index contributed by atoms with van der Waals surface area (Å²) in [6.07, 6.45) is 3.58. The predicted octanol–water partition coefficient (Wildman–Crippen LogP) is 2.19. The molecule has 0 bridgehead atoms. The fourth-order valence-corrected chi connectivity index (χ4v) is 2.30. The van der Waals surface area contributed by atoms with Gasteiger partial charge in [0.1, 0.15) is 0 Å². The number of nitrogens with zero attached hydrogens (tertiary/aromatic N) is 3. The number of pyridine rings is 1. The third-order valence-electron chi connectivity index (χ3n) is 3.03. The molecule has 2 heterocycles. The van der Waals surface area contributed by atoms with Crippen molar-refractivity contribution >= 4 is 23.4 Å². The smallest absolute Gasteiger partial charge is 0.158 e. The van der Waals surface area contributed by atoms with E-state index in [1.807, 2.05) is 18.7 Å². The Morgan fingerprint density at radius 2 is 2.13 bits per heavy atom. The van der Waals surface area contributed by atoms with E-state index in [1.54, 1.807) is 0 Å². The van der Waals surface area contributed by atoms with Gasteiger partial charge in [0.05, 0.1) is 5.69 Å². The lowest BCUT2D eigenvalue weighted by molar-refractivity contribution is 0.771. The maximum Gasteiger partial charge on any atom is 0.158 e. The van der Waals surface area contributed by atoms with Gasteiger partial charge in [0, 0.05) is 18.1 Å². The van der Waals surface area contributed by atoms with E-state index in [4.69, 9.17) is 0 Å². The molecule has 0 aliphatic heterocycles. The summed E-state index contributed by atoms with van der Waals surface area (Å²) < 4.78 is 1.88. The highest BCUT2D eigenvalue weighted by Gasteiger charge is 2.16. The van der Waals surface area contributed by atoms with Crippen LogP contribution in [0.4, 0.5) is 0 Å². The summed E-state index contributed by atoms with van der Waals surface area (Å²) in [5.74, 6) is 0. The zero-order chi connectivity index (χ0) is 9.71. The summed E-state index contributed by atoms with van der Waals surface area (Å²) in [4.78, 5) is 4.68. The van der Waals surface area contributed by atoms with E-state index in [0.717, 1.165) is 17.8 Å². The Labute approximate surface area is 94.9 Å². The molecule has 0 aromatic carbocycles. The summed E-state index contributed by atoms with van der Waals surface area (Å²) in [6, 6.07) is 2.27. The monoisotopic (exact) mass is 223 g/mol. The molecular formula is C11H14ClN3. The van der Waals surface area contributed by atoms with Crippen LogP contribution in [0.1, 0.15) is 23.4 Å². The average Bonchev–Trinajstić information content (AvgIpc) is 2.70. The number of aromatic nitrogens is 3. The van der Waals surface area contributed by atoms with Gasteiger partial charge in [0.15, 0.2) is 5.65 Å². The molecule has 2 aromatic heterocycles. The Kier molecular flexibility index (Phi) is 2.43. The number of hydrogen-bond acceptors (Lipinski definition) is 2. The molecule has 1 aliphatic carbocycles. The van der Waals surface area contributed by atoms with Crippen LogP contribution in [0.3, 0.4) is 0 Å². The van der Waals surface area contributed by atoms with Crippen LogP contribution < -0.4 is 0 Å².